The zero-order chi connectivity index (χ0) is 17.8. The number of hydrogen-bond acceptors (Lipinski definition) is 4. The fourth-order valence-electron chi connectivity index (χ4n) is 2.67. The highest BCUT2D eigenvalue weighted by Gasteiger charge is 2.21. The largest absolute Gasteiger partial charge is 0.347 e. The topological polar surface area (TPSA) is 98.9 Å². The predicted molar refractivity (Wildman–Crippen MR) is 102 cm³/mol. The Morgan fingerprint density at radius 1 is 1.23 bits per heavy atom. The molecule has 0 saturated heterocycles. The molecule has 2 aromatic rings. The molecular formula is C18H24ClN5O2. The lowest BCUT2D eigenvalue weighted by Gasteiger charge is -2.13. The monoisotopic (exact) mass is 377 g/mol. The third kappa shape index (κ3) is 4.62. The summed E-state index contributed by atoms with van der Waals surface area (Å²) in [6.07, 6.45) is 0.860. The summed E-state index contributed by atoms with van der Waals surface area (Å²) in [5.74, 6) is -0.260. The zero-order valence-corrected chi connectivity index (χ0v) is 15.7. The number of fused-ring (bicyclic) bond motifs is 1. The summed E-state index contributed by atoms with van der Waals surface area (Å²) in [4.78, 5) is 24.0. The van der Waals surface area contributed by atoms with Gasteiger partial charge in [0.1, 0.15) is 0 Å². The number of anilines is 1. The fourth-order valence-corrected chi connectivity index (χ4v) is 2.67. The number of hydrogen-bond donors (Lipinski definition) is 4. The number of halogens is 1. The quantitative estimate of drug-likeness (QED) is 0.640. The first-order chi connectivity index (χ1) is 12.0. The molecule has 8 heteroatoms. The highest BCUT2D eigenvalue weighted by molar-refractivity contribution is 5.94. The molecule has 0 bridgehead atoms. The number of nitrogens with one attached hydrogen (secondary N) is 4. The van der Waals surface area contributed by atoms with Crippen LogP contribution in [0.5, 0.6) is 0 Å². The Hall–Kier alpha value is -2.38. The van der Waals surface area contributed by atoms with Crippen LogP contribution < -0.4 is 16.0 Å². The van der Waals surface area contributed by atoms with Crippen LogP contribution in [0.15, 0.2) is 24.3 Å². The Labute approximate surface area is 158 Å². The highest BCUT2D eigenvalue weighted by Crippen LogP contribution is 2.15. The smallest absolute Gasteiger partial charge is 0.272 e. The van der Waals surface area contributed by atoms with Crippen molar-refractivity contribution in [2.24, 2.45) is 5.92 Å². The molecule has 1 aromatic carbocycles. The lowest BCUT2D eigenvalue weighted by atomic mass is 10.1. The van der Waals surface area contributed by atoms with Crippen LogP contribution in [-0.4, -0.2) is 28.6 Å². The van der Waals surface area contributed by atoms with Crippen LogP contribution in [-0.2, 0) is 24.3 Å². The number of benzene rings is 1. The van der Waals surface area contributed by atoms with E-state index in [1.807, 2.05) is 38.1 Å². The van der Waals surface area contributed by atoms with Crippen LogP contribution in [0.2, 0.25) is 0 Å². The first-order valence-corrected chi connectivity index (χ1v) is 8.49. The number of carbonyl (C=O) groups is 2. The lowest BCUT2D eigenvalue weighted by molar-refractivity contribution is -0.118. The summed E-state index contributed by atoms with van der Waals surface area (Å²) in [7, 11) is 0. The van der Waals surface area contributed by atoms with E-state index in [2.05, 4.69) is 26.1 Å². The molecule has 140 valence electrons. The van der Waals surface area contributed by atoms with Crippen molar-refractivity contribution in [3.05, 3.63) is 46.8 Å². The molecule has 0 fully saturated rings. The normalized spacial score (nSPS) is 12.9. The second-order valence-electron chi connectivity index (χ2n) is 6.48. The van der Waals surface area contributed by atoms with E-state index in [0.717, 1.165) is 35.5 Å². The van der Waals surface area contributed by atoms with Gasteiger partial charge in [-0.25, -0.2) is 0 Å². The van der Waals surface area contributed by atoms with Crippen molar-refractivity contribution >= 4 is 29.9 Å². The molecule has 0 aliphatic carbocycles. The standard InChI is InChI=1S/C18H23N5O2.ClH/c1-11(2)17(24)21-13-5-3-12(4-6-13)9-20-18(25)16-14-10-19-8-7-15(14)22-23-16;/h3-6,11,19H,7-10H2,1-2H3,(H,20,25)(H,21,24)(H,22,23);1H. The van der Waals surface area contributed by atoms with Gasteiger partial charge in [-0.15, -0.1) is 12.4 Å². The van der Waals surface area contributed by atoms with Gasteiger partial charge in [0, 0.05) is 48.9 Å². The molecular weight excluding hydrogens is 354 g/mol. The van der Waals surface area contributed by atoms with Crippen molar-refractivity contribution < 1.29 is 9.59 Å². The van der Waals surface area contributed by atoms with Crippen LogP contribution in [0.3, 0.4) is 0 Å². The van der Waals surface area contributed by atoms with Crippen LogP contribution >= 0.6 is 12.4 Å². The third-order valence-corrected chi connectivity index (χ3v) is 4.22. The van der Waals surface area contributed by atoms with Gasteiger partial charge in [-0.05, 0) is 17.7 Å². The molecule has 0 atom stereocenters. The summed E-state index contributed by atoms with van der Waals surface area (Å²) in [5, 5.41) is 16.1. The van der Waals surface area contributed by atoms with Crippen LogP contribution in [0.4, 0.5) is 5.69 Å². The molecule has 2 heterocycles. The molecule has 4 N–H and O–H groups in total. The molecule has 0 unspecified atom stereocenters. The molecule has 7 nitrogen and oxygen atoms in total. The van der Waals surface area contributed by atoms with E-state index >= 15 is 0 Å². The molecule has 1 aromatic heterocycles. The molecule has 0 radical (unpaired) electrons. The Morgan fingerprint density at radius 2 is 1.96 bits per heavy atom. The van der Waals surface area contributed by atoms with E-state index in [0.29, 0.717) is 18.8 Å². The van der Waals surface area contributed by atoms with Gasteiger partial charge in [-0.2, -0.15) is 5.10 Å². The van der Waals surface area contributed by atoms with Crippen molar-refractivity contribution in [3.8, 4) is 0 Å². The van der Waals surface area contributed by atoms with Gasteiger partial charge in [0.25, 0.3) is 5.91 Å². The maximum atomic E-state index is 12.4. The van der Waals surface area contributed by atoms with E-state index < -0.39 is 0 Å². The second-order valence-corrected chi connectivity index (χ2v) is 6.48. The minimum absolute atomic E-state index is 0. The average Bonchev–Trinajstić information content (AvgIpc) is 3.05. The van der Waals surface area contributed by atoms with Gasteiger partial charge < -0.3 is 16.0 Å². The van der Waals surface area contributed by atoms with Crippen LogP contribution in [0, 0.1) is 5.92 Å². The third-order valence-electron chi connectivity index (χ3n) is 4.22. The number of aromatic amines is 1. The minimum Gasteiger partial charge on any atom is -0.347 e. The molecule has 1 aliphatic heterocycles. The number of amides is 2. The van der Waals surface area contributed by atoms with Crippen molar-refractivity contribution in [2.45, 2.75) is 33.4 Å². The second kappa shape index (κ2) is 8.82. The van der Waals surface area contributed by atoms with Gasteiger partial charge in [-0.1, -0.05) is 26.0 Å². The number of rotatable bonds is 5. The number of H-pyrrole nitrogens is 1. The van der Waals surface area contributed by atoms with Crippen molar-refractivity contribution in [2.75, 3.05) is 11.9 Å². The summed E-state index contributed by atoms with van der Waals surface area (Å²) < 4.78 is 0. The van der Waals surface area contributed by atoms with Crippen LogP contribution in [0.25, 0.3) is 0 Å². The van der Waals surface area contributed by atoms with E-state index in [9.17, 15) is 9.59 Å². The molecule has 0 saturated carbocycles. The number of carbonyl (C=O) groups excluding carboxylic acids is 2. The Kier molecular flexibility index (Phi) is 6.76. The van der Waals surface area contributed by atoms with Crippen molar-refractivity contribution in [3.63, 3.8) is 0 Å². The van der Waals surface area contributed by atoms with Crippen molar-refractivity contribution in [1.82, 2.24) is 20.8 Å². The maximum absolute atomic E-state index is 12.4. The zero-order valence-electron chi connectivity index (χ0n) is 14.9. The summed E-state index contributed by atoms with van der Waals surface area (Å²) >= 11 is 0. The van der Waals surface area contributed by atoms with Gasteiger partial charge >= 0.3 is 0 Å². The minimum atomic E-state index is -0.182. The summed E-state index contributed by atoms with van der Waals surface area (Å²) in [6.45, 7) is 5.67. The fraction of sp³-hybridized carbons (Fsp3) is 0.389. The molecule has 0 spiro atoms. The van der Waals surface area contributed by atoms with E-state index in [-0.39, 0.29) is 30.1 Å². The molecule has 26 heavy (non-hydrogen) atoms. The van der Waals surface area contributed by atoms with Gasteiger partial charge in [0.15, 0.2) is 5.69 Å². The Morgan fingerprint density at radius 3 is 2.65 bits per heavy atom. The average molecular weight is 378 g/mol. The van der Waals surface area contributed by atoms with E-state index in [1.165, 1.54) is 0 Å². The highest BCUT2D eigenvalue weighted by atomic mass is 35.5. The number of nitrogens with zero attached hydrogens (tertiary/aromatic N) is 1. The molecule has 3 rings (SSSR count). The molecule has 2 amide bonds. The Bertz CT molecular complexity index is 770. The van der Waals surface area contributed by atoms with Gasteiger partial charge in [0.2, 0.25) is 5.91 Å². The van der Waals surface area contributed by atoms with Crippen LogP contribution in [0.1, 0.15) is 41.2 Å². The molecule has 1 aliphatic rings. The first-order valence-electron chi connectivity index (χ1n) is 8.49. The van der Waals surface area contributed by atoms with E-state index in [4.69, 9.17) is 0 Å². The summed E-state index contributed by atoms with van der Waals surface area (Å²) in [5.41, 5.74) is 4.16. The van der Waals surface area contributed by atoms with E-state index in [1.54, 1.807) is 0 Å². The number of aromatic nitrogens is 2. The van der Waals surface area contributed by atoms with Gasteiger partial charge in [-0.3, -0.25) is 14.7 Å². The first kappa shape index (κ1) is 19.9. The maximum Gasteiger partial charge on any atom is 0.272 e. The van der Waals surface area contributed by atoms with Crippen molar-refractivity contribution in [1.29, 1.82) is 0 Å². The Balaban J connectivity index is 0.00000243. The lowest BCUT2D eigenvalue weighted by Crippen LogP contribution is -2.28. The predicted octanol–water partition coefficient (Wildman–Crippen LogP) is 2.00. The SMILES string of the molecule is CC(C)C(=O)Nc1ccc(CNC(=O)c2n[nH]c3c2CNCC3)cc1.Cl. The van der Waals surface area contributed by atoms with Gasteiger partial charge in [0.05, 0.1) is 0 Å². The summed E-state index contributed by atoms with van der Waals surface area (Å²) in [6, 6.07) is 7.44.